The van der Waals surface area contributed by atoms with Gasteiger partial charge in [0.2, 0.25) is 0 Å². The van der Waals surface area contributed by atoms with E-state index in [1.54, 1.807) is 17.8 Å². The Morgan fingerprint density at radius 2 is 1.95 bits per heavy atom. The minimum absolute atomic E-state index is 0.0488. The van der Waals surface area contributed by atoms with E-state index in [-0.39, 0.29) is 17.2 Å². The van der Waals surface area contributed by atoms with E-state index in [2.05, 4.69) is 0 Å². The van der Waals surface area contributed by atoms with Crippen molar-refractivity contribution in [2.24, 2.45) is 0 Å². The van der Waals surface area contributed by atoms with Crippen LogP contribution in [0.4, 0.5) is 4.79 Å². The topological polar surface area (TPSA) is 37.4 Å². The van der Waals surface area contributed by atoms with Gasteiger partial charge >= 0.3 is 0 Å². The van der Waals surface area contributed by atoms with E-state index in [4.69, 9.17) is 0 Å². The lowest BCUT2D eigenvalue weighted by Gasteiger charge is -2.19. The molecule has 1 atom stereocenters. The second-order valence-electron chi connectivity index (χ2n) is 4.58. The van der Waals surface area contributed by atoms with Crippen LogP contribution in [0, 0.1) is 0 Å². The number of thioether (sulfide) groups is 2. The predicted molar refractivity (Wildman–Crippen MR) is 85.8 cm³/mol. The molecule has 2 amide bonds. The van der Waals surface area contributed by atoms with Crippen LogP contribution < -0.4 is 0 Å². The Bertz CT molecular complexity index is 551. The van der Waals surface area contributed by atoms with Gasteiger partial charge in [0.25, 0.3) is 11.1 Å². The van der Waals surface area contributed by atoms with E-state index in [0.29, 0.717) is 4.91 Å². The fourth-order valence-electron chi connectivity index (χ4n) is 1.89. The van der Waals surface area contributed by atoms with Gasteiger partial charge in [0.05, 0.1) is 4.91 Å². The molecule has 0 spiro atoms. The number of imide groups is 1. The first-order chi connectivity index (χ1) is 9.56. The van der Waals surface area contributed by atoms with Crippen LogP contribution in [0.2, 0.25) is 0 Å². The second kappa shape index (κ2) is 6.50. The molecule has 1 aliphatic rings. The zero-order valence-electron chi connectivity index (χ0n) is 11.8. The highest BCUT2D eigenvalue weighted by Gasteiger charge is 2.37. The first-order valence-corrected chi connectivity index (χ1v) is 8.52. The van der Waals surface area contributed by atoms with Gasteiger partial charge < -0.3 is 0 Å². The number of nitrogens with zero attached hydrogens (tertiary/aromatic N) is 1. The van der Waals surface area contributed by atoms with Crippen LogP contribution in [0.15, 0.2) is 34.1 Å². The van der Waals surface area contributed by atoms with Gasteiger partial charge in [-0.05, 0) is 55.1 Å². The van der Waals surface area contributed by atoms with Crippen LogP contribution in [-0.4, -0.2) is 28.3 Å². The summed E-state index contributed by atoms with van der Waals surface area (Å²) in [6, 6.07) is 7.89. The quantitative estimate of drug-likeness (QED) is 0.616. The van der Waals surface area contributed by atoms with E-state index in [1.807, 2.05) is 44.4 Å². The maximum atomic E-state index is 12.3. The summed E-state index contributed by atoms with van der Waals surface area (Å²) in [7, 11) is 0. The fourth-order valence-corrected chi connectivity index (χ4v) is 3.23. The Hall–Kier alpha value is -1.20. The normalized spacial score (nSPS) is 18.9. The molecule has 0 bridgehead atoms. The molecule has 0 aromatic heterocycles. The molecule has 1 saturated heterocycles. The molecule has 0 N–H and O–H groups in total. The van der Waals surface area contributed by atoms with E-state index in [9.17, 15) is 9.59 Å². The monoisotopic (exact) mass is 307 g/mol. The zero-order valence-corrected chi connectivity index (χ0v) is 13.4. The molecule has 3 nitrogen and oxygen atoms in total. The molecule has 2 rings (SSSR count). The summed E-state index contributed by atoms with van der Waals surface area (Å²) in [5.74, 6) is -0.178. The number of hydrogen-bond acceptors (Lipinski definition) is 4. The fraction of sp³-hybridized carbons (Fsp3) is 0.333. The van der Waals surface area contributed by atoms with Crippen LogP contribution >= 0.6 is 23.5 Å². The third kappa shape index (κ3) is 3.10. The number of rotatable bonds is 4. The summed E-state index contributed by atoms with van der Waals surface area (Å²) in [5.41, 5.74) is 0.942. The summed E-state index contributed by atoms with van der Waals surface area (Å²) >= 11 is 2.70. The van der Waals surface area contributed by atoms with Crippen LogP contribution in [0.1, 0.15) is 25.8 Å². The lowest BCUT2D eigenvalue weighted by atomic mass is 10.2. The Morgan fingerprint density at radius 3 is 2.50 bits per heavy atom. The molecule has 0 radical (unpaired) electrons. The smallest absolute Gasteiger partial charge is 0.268 e. The van der Waals surface area contributed by atoms with Crippen molar-refractivity contribution in [2.75, 3.05) is 6.26 Å². The molecule has 1 aromatic carbocycles. The summed E-state index contributed by atoms with van der Waals surface area (Å²) < 4.78 is 0. The van der Waals surface area contributed by atoms with Crippen molar-refractivity contribution >= 4 is 40.7 Å². The summed E-state index contributed by atoms with van der Waals surface area (Å²) in [5, 5.41) is -0.170. The van der Waals surface area contributed by atoms with E-state index in [1.165, 1.54) is 9.80 Å². The number of hydrogen-bond donors (Lipinski definition) is 0. The average Bonchev–Trinajstić information content (AvgIpc) is 2.73. The molecule has 20 heavy (non-hydrogen) atoms. The molecule has 5 heteroatoms. The van der Waals surface area contributed by atoms with Crippen LogP contribution in [0.25, 0.3) is 6.08 Å². The van der Waals surface area contributed by atoms with Gasteiger partial charge in [-0.1, -0.05) is 19.1 Å². The number of carbonyl (C=O) groups is 2. The Morgan fingerprint density at radius 1 is 1.30 bits per heavy atom. The van der Waals surface area contributed by atoms with Crippen LogP contribution in [-0.2, 0) is 4.79 Å². The van der Waals surface area contributed by atoms with Crippen molar-refractivity contribution in [1.82, 2.24) is 4.90 Å². The average molecular weight is 307 g/mol. The van der Waals surface area contributed by atoms with Crippen LogP contribution in [0.3, 0.4) is 0 Å². The van der Waals surface area contributed by atoms with Gasteiger partial charge in [0.15, 0.2) is 0 Å². The Balaban J connectivity index is 2.22. The Labute approximate surface area is 127 Å². The number of amides is 2. The number of carbonyl (C=O) groups excluding carboxylic acids is 2. The molecule has 1 aromatic rings. The van der Waals surface area contributed by atoms with Gasteiger partial charge in [-0.15, -0.1) is 11.8 Å². The minimum atomic E-state index is -0.178. The first kappa shape index (κ1) is 15.2. The summed E-state index contributed by atoms with van der Waals surface area (Å²) in [6.45, 7) is 3.87. The maximum Gasteiger partial charge on any atom is 0.293 e. The van der Waals surface area contributed by atoms with Gasteiger partial charge in [0.1, 0.15) is 0 Å². The first-order valence-electron chi connectivity index (χ1n) is 6.48. The maximum absolute atomic E-state index is 12.3. The van der Waals surface area contributed by atoms with Gasteiger partial charge in [-0.25, -0.2) is 0 Å². The van der Waals surface area contributed by atoms with E-state index >= 15 is 0 Å². The lowest BCUT2D eigenvalue weighted by Crippen LogP contribution is -2.36. The third-order valence-corrected chi connectivity index (χ3v) is 4.90. The highest BCUT2D eigenvalue weighted by Crippen LogP contribution is 2.34. The molecule has 0 saturated carbocycles. The summed E-state index contributed by atoms with van der Waals surface area (Å²) in [6.07, 6.45) is 4.58. The molecule has 0 aliphatic carbocycles. The van der Waals surface area contributed by atoms with Crippen molar-refractivity contribution < 1.29 is 9.59 Å². The molecular formula is C15H17NO2S2. The minimum Gasteiger partial charge on any atom is -0.268 e. The largest absolute Gasteiger partial charge is 0.293 e. The van der Waals surface area contributed by atoms with Crippen LogP contribution in [0.5, 0.6) is 0 Å². The van der Waals surface area contributed by atoms with Crippen molar-refractivity contribution in [1.29, 1.82) is 0 Å². The molecular weight excluding hydrogens is 290 g/mol. The highest BCUT2D eigenvalue weighted by molar-refractivity contribution is 8.18. The number of benzene rings is 1. The SMILES string of the molecule is CC[C@H](C)N1C(=O)S/C(=C/c2ccc(SC)cc2)C1=O. The van der Waals surface area contributed by atoms with Gasteiger partial charge in [-0.2, -0.15) is 0 Å². The van der Waals surface area contributed by atoms with Crippen molar-refractivity contribution in [3.05, 3.63) is 34.7 Å². The predicted octanol–water partition coefficient (Wildman–Crippen LogP) is 4.24. The second-order valence-corrected chi connectivity index (χ2v) is 6.45. The van der Waals surface area contributed by atoms with Crippen molar-refractivity contribution in [2.45, 2.75) is 31.2 Å². The third-order valence-electron chi connectivity index (χ3n) is 3.27. The molecule has 1 fully saturated rings. The van der Waals surface area contributed by atoms with E-state index < -0.39 is 0 Å². The molecule has 1 aliphatic heterocycles. The lowest BCUT2D eigenvalue weighted by molar-refractivity contribution is -0.124. The molecule has 0 unspecified atom stereocenters. The van der Waals surface area contributed by atoms with Gasteiger partial charge in [0, 0.05) is 10.9 Å². The Kier molecular flexibility index (Phi) is 4.94. The van der Waals surface area contributed by atoms with Crippen molar-refractivity contribution in [3.8, 4) is 0 Å². The zero-order chi connectivity index (χ0) is 14.7. The van der Waals surface area contributed by atoms with Gasteiger partial charge in [-0.3, -0.25) is 14.5 Å². The molecule has 1 heterocycles. The van der Waals surface area contributed by atoms with E-state index in [0.717, 1.165) is 23.7 Å². The van der Waals surface area contributed by atoms with Crippen molar-refractivity contribution in [3.63, 3.8) is 0 Å². The summed E-state index contributed by atoms with van der Waals surface area (Å²) in [4.78, 5) is 27.2. The molecule has 106 valence electrons. The standard InChI is InChI=1S/C15H17NO2S2/c1-4-10(2)16-14(17)13(20-15(16)18)9-11-5-7-12(19-3)8-6-11/h5-10H,4H2,1-3H3/b13-9+/t10-/m0/s1. The highest BCUT2D eigenvalue weighted by atomic mass is 32.2.